The van der Waals surface area contributed by atoms with E-state index in [0.717, 1.165) is 6.42 Å². The number of rotatable bonds is 11. The molecule has 96 valence electrons. The number of hydrogen-bond acceptors (Lipinski definition) is 3. The fraction of sp³-hybridized carbons (Fsp3) is 0.917. The Bertz CT molecular complexity index is 163. The molecule has 0 fully saturated rings. The third-order valence-electron chi connectivity index (χ3n) is 2.34. The highest BCUT2D eigenvalue weighted by Crippen LogP contribution is 2.04. The highest BCUT2D eigenvalue weighted by molar-refractivity contribution is 5.77. The molecule has 0 aliphatic carbocycles. The quantitative estimate of drug-likeness (QED) is 0.528. The van der Waals surface area contributed by atoms with Crippen LogP contribution in [0.4, 0.5) is 0 Å². The molecule has 0 unspecified atom stereocenters. The zero-order chi connectivity index (χ0) is 12.1. The van der Waals surface area contributed by atoms with Crippen LogP contribution in [0.25, 0.3) is 0 Å². The molecule has 0 saturated carbocycles. The molecule has 0 aromatic carbocycles. The van der Waals surface area contributed by atoms with Gasteiger partial charge in [0.1, 0.15) is 6.61 Å². The van der Waals surface area contributed by atoms with Crippen molar-refractivity contribution in [2.24, 2.45) is 5.73 Å². The molecule has 0 saturated heterocycles. The van der Waals surface area contributed by atoms with Gasteiger partial charge >= 0.3 is 0 Å². The molecular formula is C12H26N2O2. The molecule has 1 amide bonds. The lowest BCUT2D eigenvalue weighted by molar-refractivity contribution is -0.125. The summed E-state index contributed by atoms with van der Waals surface area (Å²) in [6, 6.07) is 0. The van der Waals surface area contributed by atoms with Crippen molar-refractivity contribution in [1.82, 2.24) is 5.32 Å². The van der Waals surface area contributed by atoms with Crippen molar-refractivity contribution >= 4 is 5.91 Å². The lowest BCUT2D eigenvalue weighted by Crippen LogP contribution is -2.32. The fourth-order valence-corrected chi connectivity index (χ4v) is 1.41. The average Bonchev–Trinajstić information content (AvgIpc) is 2.30. The van der Waals surface area contributed by atoms with Gasteiger partial charge in [0.15, 0.2) is 0 Å². The van der Waals surface area contributed by atoms with Crippen LogP contribution < -0.4 is 11.1 Å². The fourth-order valence-electron chi connectivity index (χ4n) is 1.41. The Hall–Kier alpha value is -0.610. The smallest absolute Gasteiger partial charge is 0.246 e. The standard InChI is InChI=1S/C12H26N2O2/c1-2-3-4-5-6-7-10-16-11-12(15)14-9-8-13/h2-11,13H2,1H3,(H,14,15). The van der Waals surface area contributed by atoms with Gasteiger partial charge in [0.05, 0.1) is 0 Å². The molecule has 0 heterocycles. The molecule has 16 heavy (non-hydrogen) atoms. The topological polar surface area (TPSA) is 64.3 Å². The number of amides is 1. The summed E-state index contributed by atoms with van der Waals surface area (Å²) in [5.41, 5.74) is 5.26. The molecule has 0 spiro atoms. The maximum absolute atomic E-state index is 11.1. The number of ether oxygens (including phenoxy) is 1. The second-order valence-corrected chi connectivity index (χ2v) is 3.96. The largest absolute Gasteiger partial charge is 0.372 e. The Balaban J connectivity index is 3.05. The SMILES string of the molecule is CCCCCCCCOCC(=O)NCCN. The van der Waals surface area contributed by atoms with E-state index in [1.54, 1.807) is 0 Å². The third kappa shape index (κ3) is 11.5. The van der Waals surface area contributed by atoms with Gasteiger partial charge in [-0.05, 0) is 6.42 Å². The van der Waals surface area contributed by atoms with Crippen molar-refractivity contribution in [3.05, 3.63) is 0 Å². The predicted molar refractivity (Wildman–Crippen MR) is 66.3 cm³/mol. The molecule has 0 aromatic rings. The van der Waals surface area contributed by atoms with Crippen LogP contribution in [0.2, 0.25) is 0 Å². The summed E-state index contributed by atoms with van der Waals surface area (Å²) in [5, 5.41) is 2.66. The average molecular weight is 230 g/mol. The van der Waals surface area contributed by atoms with Crippen LogP contribution in [0, 0.1) is 0 Å². The molecule has 0 aliphatic rings. The van der Waals surface area contributed by atoms with Crippen LogP contribution in [0.15, 0.2) is 0 Å². The molecule has 0 rings (SSSR count). The van der Waals surface area contributed by atoms with E-state index in [0.29, 0.717) is 19.7 Å². The van der Waals surface area contributed by atoms with Gasteiger partial charge in [0.25, 0.3) is 0 Å². The van der Waals surface area contributed by atoms with Gasteiger partial charge in [-0.2, -0.15) is 0 Å². The van der Waals surface area contributed by atoms with Crippen LogP contribution in [-0.2, 0) is 9.53 Å². The molecule has 0 atom stereocenters. The first-order chi connectivity index (χ1) is 7.81. The zero-order valence-corrected chi connectivity index (χ0v) is 10.5. The van der Waals surface area contributed by atoms with Crippen molar-refractivity contribution in [2.75, 3.05) is 26.3 Å². The van der Waals surface area contributed by atoms with E-state index in [4.69, 9.17) is 10.5 Å². The predicted octanol–water partition coefficient (Wildman–Crippen LogP) is 1.44. The molecule has 4 heteroatoms. The van der Waals surface area contributed by atoms with Crippen LogP contribution in [-0.4, -0.2) is 32.2 Å². The lowest BCUT2D eigenvalue weighted by atomic mass is 10.1. The third-order valence-corrected chi connectivity index (χ3v) is 2.34. The van der Waals surface area contributed by atoms with E-state index in [1.165, 1.54) is 32.1 Å². The Morgan fingerprint density at radius 3 is 2.56 bits per heavy atom. The van der Waals surface area contributed by atoms with Crippen molar-refractivity contribution in [3.8, 4) is 0 Å². The summed E-state index contributed by atoms with van der Waals surface area (Å²) in [7, 11) is 0. The van der Waals surface area contributed by atoms with E-state index in [2.05, 4.69) is 12.2 Å². The minimum atomic E-state index is -0.0727. The number of hydrogen-bond donors (Lipinski definition) is 2. The maximum Gasteiger partial charge on any atom is 0.246 e. The highest BCUT2D eigenvalue weighted by Gasteiger charge is 1.99. The van der Waals surface area contributed by atoms with E-state index >= 15 is 0 Å². The van der Waals surface area contributed by atoms with Crippen molar-refractivity contribution < 1.29 is 9.53 Å². The van der Waals surface area contributed by atoms with Crippen LogP contribution in [0.3, 0.4) is 0 Å². The zero-order valence-electron chi connectivity index (χ0n) is 10.5. The molecule has 0 aliphatic heterocycles. The number of carbonyl (C=O) groups excluding carboxylic acids is 1. The van der Waals surface area contributed by atoms with Crippen LogP contribution in [0.5, 0.6) is 0 Å². The van der Waals surface area contributed by atoms with Gasteiger partial charge in [-0.25, -0.2) is 0 Å². The summed E-state index contributed by atoms with van der Waals surface area (Å²) in [5.74, 6) is -0.0727. The first kappa shape index (κ1) is 15.4. The summed E-state index contributed by atoms with van der Waals surface area (Å²) >= 11 is 0. The molecule has 4 nitrogen and oxygen atoms in total. The number of unbranched alkanes of at least 4 members (excludes halogenated alkanes) is 5. The highest BCUT2D eigenvalue weighted by atomic mass is 16.5. The summed E-state index contributed by atoms with van der Waals surface area (Å²) < 4.78 is 5.25. The molecule has 0 radical (unpaired) electrons. The van der Waals surface area contributed by atoms with Crippen molar-refractivity contribution in [1.29, 1.82) is 0 Å². The number of carbonyl (C=O) groups is 1. The first-order valence-electron chi connectivity index (χ1n) is 6.35. The van der Waals surface area contributed by atoms with Gasteiger partial charge in [-0.3, -0.25) is 4.79 Å². The summed E-state index contributed by atoms with van der Waals surface area (Å²) in [4.78, 5) is 11.1. The number of nitrogens with one attached hydrogen (secondary N) is 1. The van der Waals surface area contributed by atoms with E-state index in [9.17, 15) is 4.79 Å². The van der Waals surface area contributed by atoms with Crippen molar-refractivity contribution in [2.45, 2.75) is 45.4 Å². The van der Waals surface area contributed by atoms with E-state index < -0.39 is 0 Å². The molecular weight excluding hydrogens is 204 g/mol. The monoisotopic (exact) mass is 230 g/mol. The van der Waals surface area contributed by atoms with E-state index in [1.807, 2.05) is 0 Å². The van der Waals surface area contributed by atoms with Gasteiger partial charge in [-0.1, -0.05) is 39.0 Å². The normalized spacial score (nSPS) is 10.4. The molecule has 3 N–H and O–H groups in total. The molecule has 0 bridgehead atoms. The Morgan fingerprint density at radius 1 is 1.19 bits per heavy atom. The minimum Gasteiger partial charge on any atom is -0.372 e. The Kier molecular flexibility index (Phi) is 12.0. The first-order valence-corrected chi connectivity index (χ1v) is 6.35. The number of nitrogens with two attached hydrogens (primary N) is 1. The van der Waals surface area contributed by atoms with Crippen LogP contribution in [0.1, 0.15) is 45.4 Å². The van der Waals surface area contributed by atoms with E-state index in [-0.39, 0.29) is 12.5 Å². The Labute approximate surface area is 98.9 Å². The van der Waals surface area contributed by atoms with Crippen LogP contribution >= 0.6 is 0 Å². The second-order valence-electron chi connectivity index (χ2n) is 3.96. The maximum atomic E-state index is 11.1. The minimum absolute atomic E-state index is 0.0727. The summed E-state index contributed by atoms with van der Waals surface area (Å²) in [6.45, 7) is 4.06. The van der Waals surface area contributed by atoms with Gasteiger partial charge in [-0.15, -0.1) is 0 Å². The molecule has 0 aromatic heterocycles. The lowest BCUT2D eigenvalue weighted by Gasteiger charge is -2.05. The van der Waals surface area contributed by atoms with Crippen molar-refractivity contribution in [3.63, 3.8) is 0 Å². The van der Waals surface area contributed by atoms with Gasteiger partial charge < -0.3 is 15.8 Å². The second kappa shape index (κ2) is 12.5. The van der Waals surface area contributed by atoms with Gasteiger partial charge in [0.2, 0.25) is 5.91 Å². The Morgan fingerprint density at radius 2 is 1.88 bits per heavy atom. The van der Waals surface area contributed by atoms with Gasteiger partial charge in [0, 0.05) is 19.7 Å². The summed E-state index contributed by atoms with van der Waals surface area (Å²) in [6.07, 6.45) is 7.43.